The summed E-state index contributed by atoms with van der Waals surface area (Å²) in [7, 11) is 0. The van der Waals surface area contributed by atoms with Crippen LogP contribution in [0.3, 0.4) is 0 Å². The molecule has 0 saturated heterocycles. The van der Waals surface area contributed by atoms with Crippen LogP contribution in [0.25, 0.3) is 10.8 Å². The molecule has 0 fully saturated rings. The van der Waals surface area contributed by atoms with Gasteiger partial charge in [-0.1, -0.05) is 17.7 Å². The maximum atomic E-state index is 11.9. The van der Waals surface area contributed by atoms with Crippen molar-refractivity contribution >= 4 is 46.0 Å². The van der Waals surface area contributed by atoms with Crippen molar-refractivity contribution in [3.8, 4) is 10.8 Å². The number of aromatic nitrogens is 1. The van der Waals surface area contributed by atoms with E-state index < -0.39 is 5.97 Å². The molecule has 8 heteroatoms. The molecule has 5 nitrogen and oxygen atoms in total. The van der Waals surface area contributed by atoms with Gasteiger partial charge in [0.1, 0.15) is 18.6 Å². The molecule has 0 spiro atoms. The first-order valence-electron chi connectivity index (χ1n) is 7.04. The second-order valence-corrected chi connectivity index (χ2v) is 7.47. The fraction of sp³-hybridized carbons (Fsp3) is 0.188. The number of Topliss-reactive ketones (excluding diaryl/α,β-unsaturated/α-hetero) is 1. The van der Waals surface area contributed by atoms with E-state index in [1.165, 1.54) is 28.9 Å². The molecule has 0 atom stereocenters. The lowest BCUT2D eigenvalue weighted by Gasteiger charge is -2.01. The summed E-state index contributed by atoms with van der Waals surface area (Å²) in [6.45, 7) is 0.0206. The maximum Gasteiger partial charge on any atom is 0.306 e. The lowest BCUT2D eigenvalue weighted by Crippen LogP contribution is -2.07. The van der Waals surface area contributed by atoms with E-state index in [0.717, 1.165) is 4.88 Å². The van der Waals surface area contributed by atoms with Gasteiger partial charge in [0.2, 0.25) is 5.89 Å². The molecule has 24 heavy (non-hydrogen) atoms. The molecule has 0 saturated carbocycles. The zero-order valence-electron chi connectivity index (χ0n) is 12.4. The van der Waals surface area contributed by atoms with Gasteiger partial charge in [-0.25, -0.2) is 4.98 Å². The lowest BCUT2D eigenvalue weighted by atomic mass is 10.2. The van der Waals surface area contributed by atoms with Crippen molar-refractivity contribution in [2.75, 3.05) is 0 Å². The Bertz CT molecular complexity index is 838. The van der Waals surface area contributed by atoms with Gasteiger partial charge in [0.25, 0.3) is 0 Å². The number of hydrogen-bond acceptors (Lipinski definition) is 7. The summed E-state index contributed by atoms with van der Waals surface area (Å²) in [5.41, 5.74) is 0.531. The number of carbonyl (C=O) groups is 2. The molecule has 0 radical (unpaired) electrons. The number of ether oxygens (including phenoxy) is 1. The highest BCUT2D eigenvalue weighted by atomic mass is 35.5. The van der Waals surface area contributed by atoms with Crippen LogP contribution in [0.4, 0.5) is 0 Å². The number of thiophene rings is 2. The van der Waals surface area contributed by atoms with Gasteiger partial charge in [0.15, 0.2) is 5.78 Å². The Balaban J connectivity index is 1.45. The van der Waals surface area contributed by atoms with E-state index in [1.54, 1.807) is 12.1 Å². The third-order valence-electron chi connectivity index (χ3n) is 3.07. The molecule has 0 aliphatic heterocycles. The molecular weight excluding hydrogens is 370 g/mol. The molecule has 0 bridgehead atoms. The van der Waals surface area contributed by atoms with Crippen LogP contribution in [0.2, 0.25) is 4.34 Å². The van der Waals surface area contributed by atoms with Crippen molar-refractivity contribution in [2.24, 2.45) is 0 Å². The van der Waals surface area contributed by atoms with E-state index in [0.29, 0.717) is 20.8 Å². The molecule has 0 aromatic carbocycles. The normalized spacial score (nSPS) is 10.7. The average Bonchev–Trinajstić information content (AvgIpc) is 3.30. The first kappa shape index (κ1) is 16.9. The summed E-state index contributed by atoms with van der Waals surface area (Å²) < 4.78 is 11.0. The SMILES string of the molecule is O=C(CCC(=O)c1ccc(Cl)s1)OCc1coc(-c2cccs2)n1. The number of esters is 1. The Hall–Kier alpha value is -1.96. The van der Waals surface area contributed by atoms with Crippen molar-refractivity contribution in [3.63, 3.8) is 0 Å². The molecule has 3 rings (SSSR count). The summed E-state index contributed by atoms with van der Waals surface area (Å²) in [6.07, 6.45) is 1.57. The standard InChI is InChI=1S/C16H12ClNO4S2/c17-14-5-4-12(24-14)11(19)3-6-15(20)21-8-10-9-22-16(18-10)13-2-1-7-23-13/h1-2,4-5,7,9H,3,6,8H2. The van der Waals surface area contributed by atoms with Crippen molar-refractivity contribution < 1.29 is 18.7 Å². The smallest absolute Gasteiger partial charge is 0.306 e. The van der Waals surface area contributed by atoms with Gasteiger partial charge in [0.05, 0.1) is 20.5 Å². The topological polar surface area (TPSA) is 69.4 Å². The van der Waals surface area contributed by atoms with E-state index >= 15 is 0 Å². The number of ketones is 1. The van der Waals surface area contributed by atoms with Crippen LogP contribution in [0.1, 0.15) is 28.2 Å². The lowest BCUT2D eigenvalue weighted by molar-refractivity contribution is -0.145. The van der Waals surface area contributed by atoms with Crippen LogP contribution < -0.4 is 0 Å². The summed E-state index contributed by atoms with van der Waals surface area (Å²) in [5, 5.41) is 1.93. The van der Waals surface area contributed by atoms with Crippen LogP contribution in [-0.2, 0) is 16.1 Å². The van der Waals surface area contributed by atoms with Crippen molar-refractivity contribution in [3.05, 3.63) is 50.8 Å². The molecule has 0 amide bonds. The third-order valence-corrected chi connectivity index (χ3v) is 5.20. The van der Waals surface area contributed by atoms with Gasteiger partial charge >= 0.3 is 5.97 Å². The van der Waals surface area contributed by atoms with Gasteiger partial charge in [-0.15, -0.1) is 22.7 Å². The quantitative estimate of drug-likeness (QED) is 0.433. The number of halogens is 1. The van der Waals surface area contributed by atoms with Crippen molar-refractivity contribution in [1.82, 2.24) is 4.98 Å². The monoisotopic (exact) mass is 381 g/mol. The number of hydrogen-bond donors (Lipinski definition) is 0. The Morgan fingerprint density at radius 1 is 1.25 bits per heavy atom. The molecule has 3 aromatic heterocycles. The fourth-order valence-corrected chi connectivity index (χ4v) is 3.58. The fourth-order valence-electron chi connectivity index (χ4n) is 1.92. The van der Waals surface area contributed by atoms with Crippen LogP contribution in [0.15, 0.2) is 40.3 Å². The largest absolute Gasteiger partial charge is 0.459 e. The predicted octanol–water partition coefficient (Wildman–Crippen LogP) is 4.82. The zero-order chi connectivity index (χ0) is 16.9. The minimum absolute atomic E-state index is 0.0178. The summed E-state index contributed by atoms with van der Waals surface area (Å²) >= 11 is 8.50. The first-order valence-corrected chi connectivity index (χ1v) is 9.11. The van der Waals surface area contributed by atoms with Gasteiger partial charge < -0.3 is 9.15 Å². The number of nitrogens with zero attached hydrogens (tertiary/aromatic N) is 1. The second kappa shape index (κ2) is 7.74. The molecule has 0 aliphatic carbocycles. The molecular formula is C16H12ClNO4S2. The molecule has 0 unspecified atom stereocenters. The predicted molar refractivity (Wildman–Crippen MR) is 92.5 cm³/mol. The van der Waals surface area contributed by atoms with E-state index in [4.69, 9.17) is 20.8 Å². The van der Waals surface area contributed by atoms with Gasteiger partial charge in [-0.3, -0.25) is 9.59 Å². The van der Waals surface area contributed by atoms with Gasteiger partial charge in [-0.2, -0.15) is 0 Å². The maximum absolute atomic E-state index is 11.9. The summed E-state index contributed by atoms with van der Waals surface area (Å²) in [6, 6.07) is 7.12. The van der Waals surface area contributed by atoms with E-state index in [2.05, 4.69) is 4.98 Å². The average molecular weight is 382 g/mol. The molecule has 3 heterocycles. The highest BCUT2D eigenvalue weighted by Crippen LogP contribution is 2.24. The molecule has 3 aromatic rings. The van der Waals surface area contributed by atoms with Crippen LogP contribution in [0.5, 0.6) is 0 Å². The Labute approximate surface area is 150 Å². The van der Waals surface area contributed by atoms with E-state index in [-0.39, 0.29) is 25.2 Å². The highest BCUT2D eigenvalue weighted by molar-refractivity contribution is 7.18. The number of oxazole rings is 1. The third kappa shape index (κ3) is 4.31. The minimum Gasteiger partial charge on any atom is -0.459 e. The highest BCUT2D eigenvalue weighted by Gasteiger charge is 2.13. The van der Waals surface area contributed by atoms with Crippen LogP contribution in [0, 0.1) is 0 Å². The van der Waals surface area contributed by atoms with E-state index in [1.807, 2.05) is 17.5 Å². The number of rotatable bonds is 7. The zero-order valence-corrected chi connectivity index (χ0v) is 14.7. The summed E-state index contributed by atoms with van der Waals surface area (Å²) in [4.78, 5) is 29.3. The molecule has 0 aliphatic rings. The van der Waals surface area contributed by atoms with Gasteiger partial charge in [-0.05, 0) is 23.6 Å². The van der Waals surface area contributed by atoms with Crippen LogP contribution in [-0.4, -0.2) is 16.7 Å². The molecule has 0 N–H and O–H groups in total. The Kier molecular flexibility index (Phi) is 5.44. The van der Waals surface area contributed by atoms with E-state index in [9.17, 15) is 9.59 Å². The summed E-state index contributed by atoms with van der Waals surface area (Å²) in [5.74, 6) is -0.0715. The first-order chi connectivity index (χ1) is 11.6. The Morgan fingerprint density at radius 2 is 2.12 bits per heavy atom. The van der Waals surface area contributed by atoms with Gasteiger partial charge in [0, 0.05) is 6.42 Å². The second-order valence-electron chi connectivity index (χ2n) is 4.81. The Morgan fingerprint density at radius 3 is 2.83 bits per heavy atom. The van der Waals surface area contributed by atoms with Crippen molar-refractivity contribution in [1.29, 1.82) is 0 Å². The minimum atomic E-state index is -0.452. The van der Waals surface area contributed by atoms with Crippen molar-refractivity contribution in [2.45, 2.75) is 19.4 Å². The van der Waals surface area contributed by atoms with Crippen LogP contribution >= 0.6 is 34.3 Å². The molecule has 124 valence electrons. The number of carbonyl (C=O) groups excluding carboxylic acids is 2.